The molecular weight excluding hydrogens is 250 g/mol. The Labute approximate surface area is 119 Å². The van der Waals surface area contributed by atoms with Crippen molar-refractivity contribution in [2.24, 2.45) is 0 Å². The summed E-state index contributed by atoms with van der Waals surface area (Å²) in [5.74, 6) is 1.56. The van der Waals surface area contributed by atoms with Crippen LogP contribution in [-0.4, -0.2) is 29.8 Å². The van der Waals surface area contributed by atoms with E-state index in [1.54, 1.807) is 0 Å². The van der Waals surface area contributed by atoms with Gasteiger partial charge in [-0.05, 0) is 25.1 Å². The lowest BCUT2D eigenvalue weighted by Gasteiger charge is -2.26. The summed E-state index contributed by atoms with van der Waals surface area (Å²) in [4.78, 5) is 4.47. The van der Waals surface area contributed by atoms with E-state index in [-0.39, 0.29) is 0 Å². The molecule has 0 saturated heterocycles. The molecule has 0 amide bonds. The van der Waals surface area contributed by atoms with E-state index in [4.69, 9.17) is 4.74 Å². The lowest BCUT2D eigenvalue weighted by Crippen LogP contribution is -2.18. The van der Waals surface area contributed by atoms with Crippen LogP contribution in [0.4, 0.5) is 0 Å². The van der Waals surface area contributed by atoms with Crippen LogP contribution in [0.25, 0.3) is 0 Å². The Hall–Kier alpha value is -1.81. The first-order valence-electron chi connectivity index (χ1n) is 7.24. The molecule has 1 aliphatic rings. The zero-order chi connectivity index (χ0) is 13.8. The molecule has 2 aromatic rings. The number of fused-ring (bicyclic) bond motifs is 1. The number of hydrogen-bond acceptors (Lipinski definition) is 3. The molecule has 2 heterocycles. The number of likely N-dealkylation sites (N-methyl/N-ethyl adjacent to an activating group) is 1. The van der Waals surface area contributed by atoms with Crippen LogP contribution >= 0.6 is 0 Å². The number of hydrogen-bond donors (Lipinski definition) is 1. The molecule has 4 heteroatoms. The fourth-order valence-electron chi connectivity index (χ4n) is 2.75. The van der Waals surface area contributed by atoms with Gasteiger partial charge in [-0.1, -0.05) is 18.2 Å². The van der Waals surface area contributed by atoms with E-state index in [9.17, 15) is 0 Å². The van der Waals surface area contributed by atoms with Gasteiger partial charge in [-0.2, -0.15) is 0 Å². The van der Waals surface area contributed by atoms with Crippen molar-refractivity contribution in [3.05, 3.63) is 48.0 Å². The van der Waals surface area contributed by atoms with Crippen LogP contribution in [0.15, 0.2) is 36.8 Å². The lowest BCUT2D eigenvalue weighted by molar-refractivity contribution is 0.259. The molecule has 3 rings (SSSR count). The summed E-state index contributed by atoms with van der Waals surface area (Å²) in [7, 11) is 1.97. The predicted octanol–water partition coefficient (Wildman–Crippen LogP) is 2.21. The van der Waals surface area contributed by atoms with Crippen LogP contribution in [0.5, 0.6) is 5.75 Å². The Morgan fingerprint density at radius 1 is 1.40 bits per heavy atom. The van der Waals surface area contributed by atoms with E-state index in [1.807, 2.05) is 19.4 Å². The minimum Gasteiger partial charge on any atom is -0.493 e. The van der Waals surface area contributed by atoms with E-state index < -0.39 is 0 Å². The first kappa shape index (κ1) is 13.2. The highest BCUT2D eigenvalue weighted by Gasteiger charge is 2.21. The molecule has 1 N–H and O–H groups in total. The number of ether oxygens (including phenoxy) is 1. The minimum atomic E-state index is 0.520. The highest BCUT2D eigenvalue weighted by Crippen LogP contribution is 2.34. The minimum absolute atomic E-state index is 0.520. The molecule has 0 saturated carbocycles. The van der Waals surface area contributed by atoms with Gasteiger partial charge in [0.15, 0.2) is 0 Å². The maximum Gasteiger partial charge on any atom is 0.122 e. The van der Waals surface area contributed by atoms with Crippen LogP contribution in [0, 0.1) is 0 Å². The second kappa shape index (κ2) is 6.09. The summed E-state index contributed by atoms with van der Waals surface area (Å²) in [6, 6.07) is 8.37. The second-order valence-corrected chi connectivity index (χ2v) is 5.29. The third-order valence-electron chi connectivity index (χ3n) is 3.83. The summed E-state index contributed by atoms with van der Waals surface area (Å²) in [5.41, 5.74) is 2.48. The highest BCUT2D eigenvalue weighted by atomic mass is 16.5. The van der Waals surface area contributed by atoms with Gasteiger partial charge in [0.05, 0.1) is 18.6 Å². The molecule has 1 aromatic heterocycles. The number of rotatable bonds is 5. The number of para-hydroxylation sites is 1. The van der Waals surface area contributed by atoms with Crippen molar-refractivity contribution in [3.63, 3.8) is 0 Å². The van der Waals surface area contributed by atoms with Crippen LogP contribution < -0.4 is 10.1 Å². The molecule has 0 radical (unpaired) electrons. The Kier molecular flexibility index (Phi) is 4.02. The van der Waals surface area contributed by atoms with Gasteiger partial charge in [-0.25, -0.2) is 4.98 Å². The molecule has 1 aliphatic heterocycles. The van der Waals surface area contributed by atoms with Crippen LogP contribution in [-0.2, 0) is 13.0 Å². The summed E-state index contributed by atoms with van der Waals surface area (Å²) >= 11 is 0. The second-order valence-electron chi connectivity index (χ2n) is 5.29. The molecule has 0 fully saturated rings. The highest BCUT2D eigenvalue weighted by molar-refractivity contribution is 5.37. The van der Waals surface area contributed by atoms with Crippen LogP contribution in [0.3, 0.4) is 0 Å². The van der Waals surface area contributed by atoms with E-state index in [2.05, 4.69) is 39.3 Å². The SMILES string of the molecule is CNCCc1cn(CC2CCOc3ccccc32)cn1. The van der Waals surface area contributed by atoms with E-state index in [1.165, 1.54) is 5.56 Å². The molecular formula is C16H21N3O. The van der Waals surface area contributed by atoms with Gasteiger partial charge in [0.1, 0.15) is 5.75 Å². The van der Waals surface area contributed by atoms with Crippen molar-refractivity contribution in [3.8, 4) is 5.75 Å². The van der Waals surface area contributed by atoms with Crippen molar-refractivity contribution in [2.75, 3.05) is 20.2 Å². The Morgan fingerprint density at radius 3 is 3.20 bits per heavy atom. The van der Waals surface area contributed by atoms with Gasteiger partial charge in [0.2, 0.25) is 0 Å². The number of nitrogens with one attached hydrogen (secondary N) is 1. The molecule has 0 spiro atoms. The molecule has 0 bridgehead atoms. The summed E-state index contributed by atoms with van der Waals surface area (Å²) in [6.45, 7) is 2.76. The average Bonchev–Trinajstić information content (AvgIpc) is 2.93. The lowest BCUT2D eigenvalue weighted by atomic mass is 9.93. The quantitative estimate of drug-likeness (QED) is 0.906. The average molecular weight is 271 g/mol. The van der Waals surface area contributed by atoms with Crippen molar-refractivity contribution in [2.45, 2.75) is 25.3 Å². The van der Waals surface area contributed by atoms with E-state index in [0.717, 1.165) is 44.0 Å². The molecule has 0 aliphatic carbocycles. The molecule has 20 heavy (non-hydrogen) atoms. The van der Waals surface area contributed by atoms with Crippen molar-refractivity contribution in [1.82, 2.24) is 14.9 Å². The third-order valence-corrected chi connectivity index (χ3v) is 3.83. The maximum atomic E-state index is 5.72. The van der Waals surface area contributed by atoms with Crippen LogP contribution in [0.1, 0.15) is 23.6 Å². The van der Waals surface area contributed by atoms with Gasteiger partial charge in [0, 0.05) is 31.6 Å². The number of benzene rings is 1. The normalized spacial score (nSPS) is 17.6. The Balaban J connectivity index is 1.71. The summed E-state index contributed by atoms with van der Waals surface area (Å²) < 4.78 is 7.92. The predicted molar refractivity (Wildman–Crippen MR) is 79.2 cm³/mol. The Bertz CT molecular complexity index is 564. The smallest absolute Gasteiger partial charge is 0.122 e. The zero-order valence-corrected chi connectivity index (χ0v) is 11.9. The fraction of sp³-hybridized carbons (Fsp3) is 0.438. The van der Waals surface area contributed by atoms with Gasteiger partial charge in [-0.3, -0.25) is 0 Å². The van der Waals surface area contributed by atoms with Gasteiger partial charge < -0.3 is 14.6 Å². The number of nitrogens with zero attached hydrogens (tertiary/aromatic N) is 2. The van der Waals surface area contributed by atoms with Crippen molar-refractivity contribution >= 4 is 0 Å². The maximum absolute atomic E-state index is 5.72. The third kappa shape index (κ3) is 2.85. The van der Waals surface area contributed by atoms with Crippen molar-refractivity contribution < 1.29 is 4.74 Å². The molecule has 106 valence electrons. The Morgan fingerprint density at radius 2 is 2.30 bits per heavy atom. The van der Waals surface area contributed by atoms with Gasteiger partial charge in [-0.15, -0.1) is 0 Å². The number of aromatic nitrogens is 2. The summed E-state index contributed by atoms with van der Waals surface area (Å²) in [6.07, 6.45) is 6.16. The molecule has 4 nitrogen and oxygen atoms in total. The van der Waals surface area contributed by atoms with Gasteiger partial charge >= 0.3 is 0 Å². The standard InChI is InChI=1S/C16H21N3O/c1-17-8-6-14-11-19(12-18-14)10-13-7-9-20-16-5-3-2-4-15(13)16/h2-5,11-13,17H,6-10H2,1H3. The van der Waals surface area contributed by atoms with E-state index in [0.29, 0.717) is 5.92 Å². The fourth-order valence-corrected chi connectivity index (χ4v) is 2.75. The largest absolute Gasteiger partial charge is 0.493 e. The van der Waals surface area contributed by atoms with Crippen molar-refractivity contribution in [1.29, 1.82) is 0 Å². The summed E-state index contributed by atoms with van der Waals surface area (Å²) in [5, 5.41) is 3.15. The molecule has 1 unspecified atom stereocenters. The number of imidazole rings is 1. The topological polar surface area (TPSA) is 39.1 Å². The first-order valence-corrected chi connectivity index (χ1v) is 7.24. The molecule has 1 aromatic carbocycles. The zero-order valence-electron chi connectivity index (χ0n) is 11.9. The van der Waals surface area contributed by atoms with Crippen LogP contribution in [0.2, 0.25) is 0 Å². The first-order chi connectivity index (χ1) is 9.86. The van der Waals surface area contributed by atoms with Gasteiger partial charge in [0.25, 0.3) is 0 Å². The monoisotopic (exact) mass is 271 g/mol. The molecule has 1 atom stereocenters. The van der Waals surface area contributed by atoms with E-state index >= 15 is 0 Å².